The Morgan fingerprint density at radius 3 is 2.86 bits per heavy atom. The van der Waals surface area contributed by atoms with Gasteiger partial charge in [0.2, 0.25) is 5.24 Å². The first-order valence-electron chi connectivity index (χ1n) is 4.35. The van der Waals surface area contributed by atoms with Crippen LogP contribution in [-0.4, -0.2) is 5.24 Å². The first kappa shape index (κ1) is 9.69. The predicted molar refractivity (Wildman–Crippen MR) is 61.1 cm³/mol. The van der Waals surface area contributed by atoms with Gasteiger partial charge in [0, 0.05) is 4.70 Å². The molecule has 0 N–H and O–H groups in total. The number of thiophene rings is 1. The Bertz CT molecular complexity index is 475. The van der Waals surface area contributed by atoms with Crippen LogP contribution in [0.1, 0.15) is 18.4 Å². The summed E-state index contributed by atoms with van der Waals surface area (Å²) < 4.78 is 1.20. The average molecular weight is 225 g/mol. The van der Waals surface area contributed by atoms with Crippen molar-refractivity contribution < 1.29 is 4.79 Å². The van der Waals surface area contributed by atoms with E-state index in [0.29, 0.717) is 0 Å². The molecule has 0 aliphatic carbocycles. The number of rotatable bonds is 2. The van der Waals surface area contributed by atoms with Gasteiger partial charge in [-0.3, -0.25) is 4.79 Å². The summed E-state index contributed by atoms with van der Waals surface area (Å²) in [6, 6.07) is 8.05. The molecule has 2 aromatic rings. The van der Waals surface area contributed by atoms with Gasteiger partial charge in [-0.15, -0.1) is 11.3 Å². The van der Waals surface area contributed by atoms with Crippen LogP contribution in [0.4, 0.5) is 0 Å². The molecule has 0 spiro atoms. The first-order valence-corrected chi connectivity index (χ1v) is 5.61. The van der Waals surface area contributed by atoms with E-state index in [4.69, 9.17) is 11.6 Å². The third-order valence-electron chi connectivity index (χ3n) is 2.32. The van der Waals surface area contributed by atoms with Crippen LogP contribution in [0.5, 0.6) is 0 Å². The fourth-order valence-electron chi connectivity index (χ4n) is 1.46. The minimum absolute atomic E-state index is 0.215. The quantitative estimate of drug-likeness (QED) is 0.710. The summed E-state index contributed by atoms with van der Waals surface area (Å²) in [4.78, 5) is 11.1. The molecule has 1 nitrogen and oxygen atoms in total. The van der Waals surface area contributed by atoms with Crippen molar-refractivity contribution in [1.29, 1.82) is 0 Å². The molecule has 0 radical (unpaired) electrons. The van der Waals surface area contributed by atoms with Crippen molar-refractivity contribution in [1.82, 2.24) is 0 Å². The van der Waals surface area contributed by atoms with Gasteiger partial charge in [0.05, 0.1) is 5.92 Å². The van der Waals surface area contributed by atoms with E-state index in [2.05, 4.69) is 6.07 Å². The molecule has 1 heterocycles. The number of carbonyl (C=O) groups excluding carboxylic acids is 1. The Labute approximate surface area is 91.3 Å². The standard InChI is InChI=1S/C11H9ClOS/c1-7(11(12)13)9-6-14-10-5-3-2-4-8(9)10/h2-7H,1H3. The highest BCUT2D eigenvalue weighted by molar-refractivity contribution is 7.17. The van der Waals surface area contributed by atoms with Crippen LogP contribution in [-0.2, 0) is 4.79 Å². The lowest BCUT2D eigenvalue weighted by Gasteiger charge is -2.03. The van der Waals surface area contributed by atoms with Crippen molar-refractivity contribution in [2.24, 2.45) is 0 Å². The number of carbonyl (C=O) groups is 1. The van der Waals surface area contributed by atoms with Gasteiger partial charge >= 0.3 is 0 Å². The maximum atomic E-state index is 11.1. The largest absolute Gasteiger partial charge is 0.281 e. The van der Waals surface area contributed by atoms with Gasteiger partial charge in [0.25, 0.3) is 0 Å². The number of fused-ring (bicyclic) bond motifs is 1. The molecule has 1 unspecified atom stereocenters. The highest BCUT2D eigenvalue weighted by atomic mass is 35.5. The number of hydrogen-bond donors (Lipinski definition) is 0. The Morgan fingerprint density at radius 1 is 1.43 bits per heavy atom. The summed E-state index contributed by atoms with van der Waals surface area (Å²) in [5.74, 6) is -0.215. The summed E-state index contributed by atoms with van der Waals surface area (Å²) in [5, 5.41) is 2.85. The summed E-state index contributed by atoms with van der Waals surface area (Å²) in [5.41, 5.74) is 1.03. The topological polar surface area (TPSA) is 17.1 Å². The van der Waals surface area contributed by atoms with Crippen LogP contribution < -0.4 is 0 Å². The van der Waals surface area contributed by atoms with Crippen LogP contribution in [0.3, 0.4) is 0 Å². The van der Waals surface area contributed by atoms with Crippen molar-refractivity contribution in [3.63, 3.8) is 0 Å². The fraction of sp³-hybridized carbons (Fsp3) is 0.182. The number of benzene rings is 1. The third-order valence-corrected chi connectivity index (χ3v) is 3.63. The van der Waals surface area contributed by atoms with Crippen LogP contribution in [0, 0.1) is 0 Å². The molecule has 0 aliphatic heterocycles. The highest BCUT2D eigenvalue weighted by Gasteiger charge is 2.16. The van der Waals surface area contributed by atoms with Crippen LogP contribution in [0.15, 0.2) is 29.6 Å². The highest BCUT2D eigenvalue weighted by Crippen LogP contribution is 2.31. The van der Waals surface area contributed by atoms with Crippen LogP contribution in [0.25, 0.3) is 10.1 Å². The van der Waals surface area contributed by atoms with Crippen molar-refractivity contribution in [3.8, 4) is 0 Å². The van der Waals surface area contributed by atoms with Crippen molar-refractivity contribution in [2.45, 2.75) is 12.8 Å². The van der Waals surface area contributed by atoms with E-state index in [1.54, 1.807) is 11.3 Å². The van der Waals surface area contributed by atoms with Crippen LogP contribution in [0.2, 0.25) is 0 Å². The third kappa shape index (κ3) is 1.56. The Balaban J connectivity index is 2.58. The molecule has 72 valence electrons. The van der Waals surface area contributed by atoms with Crippen molar-refractivity contribution in [2.75, 3.05) is 0 Å². The second-order valence-corrected chi connectivity index (χ2v) is 4.50. The summed E-state index contributed by atoms with van der Waals surface area (Å²) in [7, 11) is 0. The molecule has 0 aliphatic rings. The van der Waals surface area contributed by atoms with E-state index >= 15 is 0 Å². The normalized spacial score (nSPS) is 13.0. The lowest BCUT2D eigenvalue weighted by atomic mass is 10.0. The molecule has 0 saturated carbocycles. The van der Waals surface area contributed by atoms with Gasteiger partial charge < -0.3 is 0 Å². The second kappa shape index (κ2) is 3.71. The molecule has 0 amide bonds. The van der Waals surface area contributed by atoms with E-state index in [-0.39, 0.29) is 11.2 Å². The second-order valence-electron chi connectivity index (χ2n) is 3.21. The minimum Gasteiger partial charge on any atom is -0.281 e. The summed E-state index contributed by atoms with van der Waals surface area (Å²) in [6.07, 6.45) is 0. The zero-order valence-electron chi connectivity index (χ0n) is 7.66. The molecule has 1 aromatic carbocycles. The van der Waals surface area contributed by atoms with E-state index < -0.39 is 0 Å². The zero-order valence-corrected chi connectivity index (χ0v) is 9.23. The van der Waals surface area contributed by atoms with E-state index in [0.717, 1.165) is 10.9 Å². The van der Waals surface area contributed by atoms with Gasteiger partial charge in [-0.05, 0) is 34.0 Å². The van der Waals surface area contributed by atoms with E-state index in [1.165, 1.54) is 4.70 Å². The smallest absolute Gasteiger partial charge is 0.228 e. The number of halogens is 1. The van der Waals surface area contributed by atoms with Gasteiger partial charge in [-0.25, -0.2) is 0 Å². The molecule has 0 saturated heterocycles. The van der Waals surface area contributed by atoms with Crippen molar-refractivity contribution >= 4 is 38.3 Å². The lowest BCUT2D eigenvalue weighted by molar-refractivity contribution is -0.112. The van der Waals surface area contributed by atoms with Crippen molar-refractivity contribution in [3.05, 3.63) is 35.2 Å². The van der Waals surface area contributed by atoms with Gasteiger partial charge in [-0.2, -0.15) is 0 Å². The Kier molecular flexibility index (Phi) is 2.57. The molecular formula is C11H9ClOS. The van der Waals surface area contributed by atoms with E-state index in [1.807, 2.05) is 30.5 Å². The fourth-order valence-corrected chi connectivity index (χ4v) is 2.63. The Morgan fingerprint density at radius 2 is 2.14 bits per heavy atom. The van der Waals surface area contributed by atoms with E-state index in [9.17, 15) is 4.79 Å². The SMILES string of the molecule is CC(C(=O)Cl)c1csc2ccccc12. The summed E-state index contributed by atoms with van der Waals surface area (Å²) in [6.45, 7) is 1.84. The summed E-state index contributed by atoms with van der Waals surface area (Å²) >= 11 is 7.13. The first-order chi connectivity index (χ1) is 6.70. The maximum Gasteiger partial charge on any atom is 0.228 e. The molecule has 0 bridgehead atoms. The molecule has 0 fully saturated rings. The molecule has 1 atom stereocenters. The number of hydrogen-bond acceptors (Lipinski definition) is 2. The molecule has 1 aromatic heterocycles. The minimum atomic E-state index is -0.298. The lowest BCUT2D eigenvalue weighted by Crippen LogP contribution is -2.00. The van der Waals surface area contributed by atoms with Gasteiger partial charge in [0.1, 0.15) is 0 Å². The predicted octanol–water partition coefficient (Wildman–Crippen LogP) is 3.77. The molecule has 2 rings (SSSR count). The maximum absolute atomic E-state index is 11.1. The van der Waals surface area contributed by atoms with Gasteiger partial charge in [0.15, 0.2) is 0 Å². The van der Waals surface area contributed by atoms with Crippen LogP contribution >= 0.6 is 22.9 Å². The zero-order chi connectivity index (χ0) is 10.1. The monoisotopic (exact) mass is 224 g/mol. The molecule has 3 heteroatoms. The average Bonchev–Trinajstić information content (AvgIpc) is 2.60. The Hall–Kier alpha value is -0.860. The molecular weight excluding hydrogens is 216 g/mol. The molecule has 14 heavy (non-hydrogen) atoms. The van der Waals surface area contributed by atoms with Gasteiger partial charge in [-0.1, -0.05) is 25.1 Å².